The number of carbonyl (C=O) groups excluding carboxylic acids is 1. The Kier molecular flexibility index (Phi) is 4.80. The summed E-state index contributed by atoms with van der Waals surface area (Å²) in [6.07, 6.45) is -5.21. The van der Waals surface area contributed by atoms with Gasteiger partial charge in [-0.3, -0.25) is 0 Å². The SMILES string of the molecule is C=C1CN(c2cccc(C(F)(F)F)c2)/C(=N/C(=O)OCC)S1. The summed E-state index contributed by atoms with van der Waals surface area (Å²) in [6.45, 7) is 5.87. The summed E-state index contributed by atoms with van der Waals surface area (Å²) in [7, 11) is 0. The summed E-state index contributed by atoms with van der Waals surface area (Å²) in [5, 5.41) is 0.253. The van der Waals surface area contributed by atoms with Crippen molar-refractivity contribution in [3.05, 3.63) is 41.3 Å². The van der Waals surface area contributed by atoms with Crippen molar-refractivity contribution in [2.45, 2.75) is 13.1 Å². The van der Waals surface area contributed by atoms with Crippen LogP contribution in [0.1, 0.15) is 12.5 Å². The molecule has 118 valence electrons. The van der Waals surface area contributed by atoms with Crippen molar-refractivity contribution in [3.63, 3.8) is 0 Å². The van der Waals surface area contributed by atoms with Crippen molar-refractivity contribution in [3.8, 4) is 0 Å². The van der Waals surface area contributed by atoms with Crippen LogP contribution < -0.4 is 4.90 Å². The van der Waals surface area contributed by atoms with Gasteiger partial charge in [0.05, 0.1) is 18.7 Å². The molecule has 0 saturated carbocycles. The monoisotopic (exact) mass is 330 g/mol. The van der Waals surface area contributed by atoms with Crippen LogP contribution in [0.15, 0.2) is 40.7 Å². The number of anilines is 1. The molecule has 1 aromatic carbocycles. The van der Waals surface area contributed by atoms with Gasteiger partial charge in [-0.05, 0) is 25.1 Å². The van der Waals surface area contributed by atoms with Crippen LogP contribution in [0.3, 0.4) is 0 Å². The number of halogens is 3. The second-order valence-corrected chi connectivity index (χ2v) is 5.51. The van der Waals surface area contributed by atoms with E-state index in [2.05, 4.69) is 11.6 Å². The van der Waals surface area contributed by atoms with Gasteiger partial charge in [0.1, 0.15) is 0 Å². The minimum Gasteiger partial charge on any atom is -0.448 e. The molecule has 0 bridgehead atoms. The molecule has 0 aliphatic carbocycles. The molecule has 2 rings (SSSR count). The average Bonchev–Trinajstić information content (AvgIpc) is 2.79. The quantitative estimate of drug-likeness (QED) is 0.811. The van der Waals surface area contributed by atoms with Gasteiger partial charge < -0.3 is 9.64 Å². The molecule has 0 unspecified atom stereocenters. The summed E-state index contributed by atoms with van der Waals surface area (Å²) in [4.78, 5) is 17.4. The molecule has 1 saturated heterocycles. The van der Waals surface area contributed by atoms with Gasteiger partial charge in [-0.2, -0.15) is 18.2 Å². The van der Waals surface area contributed by atoms with Crippen LogP contribution in [0.2, 0.25) is 0 Å². The van der Waals surface area contributed by atoms with E-state index in [4.69, 9.17) is 4.74 Å². The lowest BCUT2D eigenvalue weighted by molar-refractivity contribution is -0.137. The summed E-state index contributed by atoms with van der Waals surface area (Å²) >= 11 is 1.14. The van der Waals surface area contributed by atoms with E-state index in [1.165, 1.54) is 17.0 Å². The van der Waals surface area contributed by atoms with Crippen LogP contribution in [-0.4, -0.2) is 24.4 Å². The highest BCUT2D eigenvalue weighted by Crippen LogP contribution is 2.36. The lowest BCUT2D eigenvalue weighted by atomic mass is 10.2. The largest absolute Gasteiger partial charge is 0.448 e. The number of thioether (sulfide) groups is 1. The standard InChI is InChI=1S/C14H13F3N2O2S/c1-3-21-13(20)18-12-19(8-9(2)22-12)11-6-4-5-10(7-11)14(15,16)17/h4-7H,2-3,8H2,1H3/b18-12-. The van der Waals surface area contributed by atoms with Crippen LogP contribution in [0.5, 0.6) is 0 Å². The van der Waals surface area contributed by atoms with Gasteiger partial charge in [-0.25, -0.2) is 4.79 Å². The number of benzene rings is 1. The first kappa shape index (κ1) is 16.4. The van der Waals surface area contributed by atoms with Gasteiger partial charge >= 0.3 is 12.3 Å². The van der Waals surface area contributed by atoms with Crippen LogP contribution in [0.4, 0.5) is 23.7 Å². The Balaban J connectivity index is 2.33. The second kappa shape index (κ2) is 6.43. The molecule has 0 spiro atoms. The average molecular weight is 330 g/mol. The zero-order chi connectivity index (χ0) is 16.3. The fourth-order valence-electron chi connectivity index (χ4n) is 1.83. The van der Waals surface area contributed by atoms with Crippen molar-refractivity contribution in [1.29, 1.82) is 0 Å². The summed E-state index contributed by atoms with van der Waals surface area (Å²) in [5.41, 5.74) is -0.466. The molecular formula is C14H13F3N2O2S. The number of carbonyl (C=O) groups is 1. The minimum absolute atomic E-state index is 0.171. The molecule has 4 nitrogen and oxygen atoms in total. The number of amidine groups is 1. The molecule has 1 heterocycles. The molecule has 0 atom stereocenters. The number of hydrogen-bond acceptors (Lipinski definition) is 3. The maximum Gasteiger partial charge on any atom is 0.436 e. The van der Waals surface area contributed by atoms with Gasteiger partial charge in [0.2, 0.25) is 0 Å². The highest BCUT2D eigenvalue weighted by molar-refractivity contribution is 8.18. The third-order valence-electron chi connectivity index (χ3n) is 2.74. The van der Waals surface area contributed by atoms with Crippen LogP contribution >= 0.6 is 11.8 Å². The third kappa shape index (κ3) is 3.82. The van der Waals surface area contributed by atoms with Crippen molar-refractivity contribution < 1.29 is 22.7 Å². The molecule has 8 heteroatoms. The van der Waals surface area contributed by atoms with E-state index in [1.54, 1.807) is 6.92 Å². The van der Waals surface area contributed by atoms with E-state index in [0.29, 0.717) is 10.6 Å². The predicted octanol–water partition coefficient (Wildman–Crippen LogP) is 4.28. The van der Waals surface area contributed by atoms with Crippen LogP contribution in [0.25, 0.3) is 0 Å². The number of amides is 1. The third-order valence-corrected chi connectivity index (χ3v) is 3.65. The fraction of sp³-hybridized carbons (Fsp3) is 0.286. The normalized spacial score (nSPS) is 17.2. The predicted molar refractivity (Wildman–Crippen MR) is 80.0 cm³/mol. The highest BCUT2D eigenvalue weighted by Gasteiger charge is 2.32. The van der Waals surface area contributed by atoms with Gasteiger partial charge in [0.25, 0.3) is 0 Å². The Labute approximate surface area is 129 Å². The van der Waals surface area contributed by atoms with Crippen LogP contribution in [-0.2, 0) is 10.9 Å². The van der Waals surface area contributed by atoms with Crippen molar-refractivity contribution in [2.24, 2.45) is 4.99 Å². The Morgan fingerprint density at radius 1 is 1.50 bits per heavy atom. The van der Waals surface area contributed by atoms with E-state index in [1.807, 2.05) is 0 Å². The van der Waals surface area contributed by atoms with Gasteiger partial charge in [-0.1, -0.05) is 24.4 Å². The Morgan fingerprint density at radius 3 is 2.86 bits per heavy atom. The first-order valence-corrected chi connectivity index (χ1v) is 7.18. The topological polar surface area (TPSA) is 41.9 Å². The van der Waals surface area contributed by atoms with E-state index < -0.39 is 17.8 Å². The first-order valence-electron chi connectivity index (χ1n) is 6.37. The summed E-state index contributed by atoms with van der Waals surface area (Å²) in [6, 6.07) is 4.84. The molecule has 0 radical (unpaired) electrons. The maximum atomic E-state index is 12.8. The van der Waals surface area contributed by atoms with E-state index in [-0.39, 0.29) is 18.3 Å². The van der Waals surface area contributed by atoms with Gasteiger partial charge in [-0.15, -0.1) is 0 Å². The summed E-state index contributed by atoms with van der Waals surface area (Å²) < 4.78 is 43.1. The smallest absolute Gasteiger partial charge is 0.436 e. The van der Waals surface area contributed by atoms with Gasteiger partial charge in [0, 0.05) is 10.6 Å². The molecule has 1 aliphatic rings. The zero-order valence-corrected chi connectivity index (χ0v) is 12.5. The Morgan fingerprint density at radius 2 is 2.23 bits per heavy atom. The lowest BCUT2D eigenvalue weighted by Gasteiger charge is -2.18. The molecule has 0 aromatic heterocycles. The Hall–Kier alpha value is -1.96. The number of nitrogens with zero attached hydrogens (tertiary/aromatic N) is 2. The Bertz CT molecular complexity index is 629. The molecular weight excluding hydrogens is 317 g/mol. The number of ether oxygens (including phenoxy) is 1. The molecule has 1 amide bonds. The fourth-order valence-corrected chi connectivity index (χ4v) is 2.68. The second-order valence-electron chi connectivity index (χ2n) is 4.37. The molecule has 1 aromatic rings. The lowest BCUT2D eigenvalue weighted by Crippen LogP contribution is -2.25. The number of hydrogen-bond donors (Lipinski definition) is 0. The van der Waals surface area contributed by atoms with E-state index in [0.717, 1.165) is 23.9 Å². The molecule has 1 fully saturated rings. The first-order chi connectivity index (χ1) is 10.3. The number of aliphatic imine (C=N–C) groups is 1. The molecule has 0 N–H and O–H groups in total. The van der Waals surface area contributed by atoms with Crippen molar-refractivity contribution in [1.82, 2.24) is 0 Å². The molecule has 1 aliphatic heterocycles. The highest BCUT2D eigenvalue weighted by atomic mass is 32.2. The number of alkyl halides is 3. The summed E-state index contributed by atoms with van der Waals surface area (Å²) in [5.74, 6) is 0. The van der Waals surface area contributed by atoms with Crippen LogP contribution in [0, 0.1) is 0 Å². The van der Waals surface area contributed by atoms with Crippen molar-refractivity contribution >= 4 is 28.7 Å². The van der Waals surface area contributed by atoms with E-state index in [9.17, 15) is 18.0 Å². The van der Waals surface area contributed by atoms with E-state index >= 15 is 0 Å². The zero-order valence-electron chi connectivity index (χ0n) is 11.7. The van der Waals surface area contributed by atoms with Gasteiger partial charge in [0.15, 0.2) is 5.17 Å². The minimum atomic E-state index is -4.43. The van der Waals surface area contributed by atoms with Crippen molar-refractivity contribution in [2.75, 3.05) is 18.1 Å². The molecule has 22 heavy (non-hydrogen) atoms. The maximum absolute atomic E-state index is 12.8. The number of rotatable bonds is 2.